The van der Waals surface area contributed by atoms with E-state index in [1.807, 2.05) is 0 Å². The van der Waals surface area contributed by atoms with Crippen LogP contribution in [0.2, 0.25) is 0 Å². The Balaban J connectivity index is 2.50. The molecule has 1 aliphatic carbocycles. The van der Waals surface area contributed by atoms with Crippen LogP contribution < -0.4 is 0 Å². The highest BCUT2D eigenvalue weighted by atomic mass is 16.3. The van der Waals surface area contributed by atoms with Gasteiger partial charge >= 0.3 is 0 Å². The second-order valence-corrected chi connectivity index (χ2v) is 3.74. The standard InChI is InChI=1S/C12H14O/c1-8-3-5-11-9(2)12(13)6-4-10(11)7-8/h3,5,7,12-13H,2,4,6H2,1H3. The molecule has 1 aromatic carbocycles. The predicted octanol–water partition coefficient (Wildman–Crippen LogP) is 2.32. The number of benzene rings is 1. The van der Waals surface area contributed by atoms with Gasteiger partial charge in [0.15, 0.2) is 0 Å². The first-order chi connectivity index (χ1) is 6.18. The average molecular weight is 174 g/mol. The Morgan fingerprint density at radius 2 is 2.23 bits per heavy atom. The third-order valence-corrected chi connectivity index (χ3v) is 2.70. The van der Waals surface area contributed by atoms with Crippen LogP contribution in [-0.4, -0.2) is 11.2 Å². The molecule has 0 radical (unpaired) electrons. The lowest BCUT2D eigenvalue weighted by molar-refractivity contribution is 0.219. The van der Waals surface area contributed by atoms with E-state index in [1.165, 1.54) is 11.1 Å². The Kier molecular flexibility index (Phi) is 1.97. The number of rotatable bonds is 0. The van der Waals surface area contributed by atoms with Crippen LogP contribution in [0.15, 0.2) is 24.8 Å². The summed E-state index contributed by atoms with van der Waals surface area (Å²) >= 11 is 0. The molecule has 1 atom stereocenters. The molecule has 68 valence electrons. The summed E-state index contributed by atoms with van der Waals surface area (Å²) in [6.45, 7) is 6.01. The highest BCUT2D eigenvalue weighted by Crippen LogP contribution is 2.30. The Bertz CT molecular complexity index is 352. The fourth-order valence-corrected chi connectivity index (χ4v) is 1.89. The molecule has 2 rings (SSSR count). The average Bonchev–Trinajstić information content (AvgIpc) is 2.12. The Labute approximate surface area is 78.7 Å². The molecular formula is C12H14O. The van der Waals surface area contributed by atoms with Gasteiger partial charge in [0.2, 0.25) is 0 Å². The summed E-state index contributed by atoms with van der Waals surface area (Å²) in [5, 5.41) is 9.59. The minimum absolute atomic E-state index is 0.338. The number of fused-ring (bicyclic) bond motifs is 1. The smallest absolute Gasteiger partial charge is 0.0793 e. The zero-order valence-corrected chi connectivity index (χ0v) is 7.88. The van der Waals surface area contributed by atoms with E-state index in [1.54, 1.807) is 0 Å². The van der Waals surface area contributed by atoms with Crippen molar-refractivity contribution >= 4 is 5.57 Å². The zero-order valence-electron chi connectivity index (χ0n) is 7.88. The first-order valence-electron chi connectivity index (χ1n) is 4.65. The highest BCUT2D eigenvalue weighted by molar-refractivity contribution is 5.71. The Morgan fingerprint density at radius 3 is 3.00 bits per heavy atom. The SMILES string of the molecule is C=C1c2ccc(C)cc2CCC1O. The molecule has 0 aromatic heterocycles. The van der Waals surface area contributed by atoms with Crippen molar-refractivity contribution in [2.24, 2.45) is 0 Å². The van der Waals surface area contributed by atoms with Gasteiger partial charge in [-0.1, -0.05) is 30.3 Å². The maximum Gasteiger partial charge on any atom is 0.0793 e. The summed E-state index contributed by atoms with van der Waals surface area (Å²) in [6.07, 6.45) is 1.45. The van der Waals surface area contributed by atoms with E-state index < -0.39 is 0 Å². The van der Waals surface area contributed by atoms with E-state index in [2.05, 4.69) is 31.7 Å². The molecule has 0 heterocycles. The molecule has 0 amide bonds. The van der Waals surface area contributed by atoms with Gasteiger partial charge in [0, 0.05) is 0 Å². The second kappa shape index (κ2) is 3.00. The molecule has 1 aromatic rings. The lowest BCUT2D eigenvalue weighted by Gasteiger charge is -2.23. The number of hydrogen-bond acceptors (Lipinski definition) is 1. The van der Waals surface area contributed by atoms with Gasteiger partial charge in [-0.3, -0.25) is 0 Å². The monoisotopic (exact) mass is 174 g/mol. The van der Waals surface area contributed by atoms with Crippen LogP contribution in [0, 0.1) is 6.92 Å². The van der Waals surface area contributed by atoms with Crippen molar-refractivity contribution in [1.29, 1.82) is 0 Å². The molecule has 0 saturated carbocycles. The predicted molar refractivity (Wildman–Crippen MR) is 54.5 cm³/mol. The molecule has 0 aliphatic heterocycles. The second-order valence-electron chi connectivity index (χ2n) is 3.74. The van der Waals surface area contributed by atoms with Crippen LogP contribution in [0.25, 0.3) is 5.57 Å². The lowest BCUT2D eigenvalue weighted by Crippen LogP contribution is -2.16. The van der Waals surface area contributed by atoms with Gasteiger partial charge in [0.25, 0.3) is 0 Å². The first kappa shape index (κ1) is 8.52. The molecule has 1 nitrogen and oxygen atoms in total. The van der Waals surface area contributed by atoms with Crippen molar-refractivity contribution in [3.63, 3.8) is 0 Å². The van der Waals surface area contributed by atoms with Crippen molar-refractivity contribution in [3.05, 3.63) is 41.5 Å². The summed E-state index contributed by atoms with van der Waals surface area (Å²) in [4.78, 5) is 0. The number of hydrogen-bond donors (Lipinski definition) is 1. The molecule has 1 aliphatic rings. The van der Waals surface area contributed by atoms with E-state index in [-0.39, 0.29) is 6.10 Å². The van der Waals surface area contributed by atoms with Crippen LogP contribution in [0.3, 0.4) is 0 Å². The van der Waals surface area contributed by atoms with Gasteiger partial charge < -0.3 is 5.11 Å². The maximum atomic E-state index is 9.59. The zero-order chi connectivity index (χ0) is 9.42. The third kappa shape index (κ3) is 1.40. The summed E-state index contributed by atoms with van der Waals surface area (Å²) in [5.41, 5.74) is 4.63. The van der Waals surface area contributed by atoms with Crippen LogP contribution in [0.1, 0.15) is 23.1 Å². The molecule has 0 spiro atoms. The van der Waals surface area contributed by atoms with E-state index in [0.717, 1.165) is 24.0 Å². The molecule has 13 heavy (non-hydrogen) atoms. The van der Waals surface area contributed by atoms with Gasteiger partial charge in [0.05, 0.1) is 6.10 Å². The summed E-state index contributed by atoms with van der Waals surface area (Å²) in [7, 11) is 0. The third-order valence-electron chi connectivity index (χ3n) is 2.70. The largest absolute Gasteiger partial charge is 0.388 e. The van der Waals surface area contributed by atoms with Crippen molar-refractivity contribution in [1.82, 2.24) is 0 Å². The molecule has 0 fully saturated rings. The first-order valence-corrected chi connectivity index (χ1v) is 4.65. The normalized spacial score (nSPS) is 21.4. The van der Waals surface area contributed by atoms with Crippen LogP contribution in [0.5, 0.6) is 0 Å². The maximum absolute atomic E-state index is 9.59. The lowest BCUT2D eigenvalue weighted by atomic mass is 9.85. The summed E-state index contributed by atoms with van der Waals surface area (Å²) < 4.78 is 0. The van der Waals surface area contributed by atoms with Crippen LogP contribution in [-0.2, 0) is 6.42 Å². The van der Waals surface area contributed by atoms with Crippen molar-refractivity contribution in [2.75, 3.05) is 0 Å². The van der Waals surface area contributed by atoms with Gasteiger partial charge in [-0.15, -0.1) is 0 Å². The molecule has 1 N–H and O–H groups in total. The van der Waals surface area contributed by atoms with Gasteiger partial charge in [0.1, 0.15) is 0 Å². The van der Waals surface area contributed by atoms with E-state index >= 15 is 0 Å². The topological polar surface area (TPSA) is 20.2 Å². The number of aliphatic hydroxyl groups excluding tert-OH is 1. The summed E-state index contributed by atoms with van der Waals surface area (Å²) in [6, 6.07) is 6.32. The van der Waals surface area contributed by atoms with E-state index in [4.69, 9.17) is 0 Å². The number of aliphatic hydroxyl groups is 1. The van der Waals surface area contributed by atoms with E-state index in [0.29, 0.717) is 0 Å². The quantitative estimate of drug-likeness (QED) is 0.640. The minimum atomic E-state index is -0.338. The summed E-state index contributed by atoms with van der Waals surface area (Å²) in [5.74, 6) is 0. The molecule has 0 saturated heterocycles. The Hall–Kier alpha value is -1.08. The molecule has 1 heteroatoms. The highest BCUT2D eigenvalue weighted by Gasteiger charge is 2.19. The van der Waals surface area contributed by atoms with Crippen LogP contribution >= 0.6 is 0 Å². The number of aryl methyl sites for hydroxylation is 2. The van der Waals surface area contributed by atoms with Crippen LogP contribution in [0.4, 0.5) is 0 Å². The fourth-order valence-electron chi connectivity index (χ4n) is 1.89. The minimum Gasteiger partial charge on any atom is -0.388 e. The Morgan fingerprint density at radius 1 is 1.46 bits per heavy atom. The van der Waals surface area contributed by atoms with Crippen molar-refractivity contribution in [2.45, 2.75) is 25.9 Å². The molecule has 1 unspecified atom stereocenters. The van der Waals surface area contributed by atoms with Crippen molar-refractivity contribution in [3.8, 4) is 0 Å². The van der Waals surface area contributed by atoms with Gasteiger partial charge in [-0.05, 0) is 36.5 Å². The fraction of sp³-hybridized carbons (Fsp3) is 0.333. The molecular weight excluding hydrogens is 160 g/mol. The van der Waals surface area contributed by atoms with E-state index in [9.17, 15) is 5.11 Å². The molecule has 0 bridgehead atoms. The van der Waals surface area contributed by atoms with Crippen molar-refractivity contribution < 1.29 is 5.11 Å². The van der Waals surface area contributed by atoms with Gasteiger partial charge in [-0.2, -0.15) is 0 Å². The van der Waals surface area contributed by atoms with Gasteiger partial charge in [-0.25, -0.2) is 0 Å².